The highest BCUT2D eigenvalue weighted by Crippen LogP contribution is 2.15. The first-order chi connectivity index (χ1) is 12.1. The zero-order valence-corrected chi connectivity index (χ0v) is 14.5. The lowest BCUT2D eigenvalue weighted by Gasteiger charge is -2.01. The molecule has 0 saturated heterocycles. The minimum Gasteiger partial charge on any atom is -0.361 e. The molecule has 0 aliphatic heterocycles. The molecule has 0 atom stereocenters. The highest BCUT2D eigenvalue weighted by Gasteiger charge is 2.12. The fourth-order valence-corrected chi connectivity index (χ4v) is 2.78. The van der Waals surface area contributed by atoms with E-state index in [0.29, 0.717) is 18.7 Å². The number of carbonyl (C=O) groups is 1. The Hall–Kier alpha value is -2.89. The topological polar surface area (TPSA) is 83.8 Å². The number of nitrogens with zero attached hydrogens (tertiary/aromatic N) is 2. The van der Waals surface area contributed by atoms with Gasteiger partial charge in [0.2, 0.25) is 5.91 Å². The molecule has 0 spiro atoms. The van der Waals surface area contributed by atoms with Crippen LogP contribution in [0.4, 0.5) is 5.82 Å². The number of benzene rings is 1. The van der Waals surface area contributed by atoms with E-state index in [1.807, 2.05) is 38.1 Å². The number of anilines is 1. The number of nitrogens with one attached hydrogen (secondary N) is 2. The highest BCUT2D eigenvalue weighted by atomic mass is 16.5. The van der Waals surface area contributed by atoms with Crippen LogP contribution >= 0.6 is 0 Å². The van der Waals surface area contributed by atoms with Crippen LogP contribution in [0.2, 0.25) is 0 Å². The fraction of sp³-hybridized carbons (Fsp3) is 0.316. The van der Waals surface area contributed by atoms with E-state index in [2.05, 4.69) is 32.8 Å². The van der Waals surface area contributed by atoms with Gasteiger partial charge in [0.25, 0.3) is 0 Å². The molecule has 2 N–H and O–H groups in total. The van der Waals surface area contributed by atoms with Crippen molar-refractivity contribution in [3.63, 3.8) is 0 Å². The van der Waals surface area contributed by atoms with Crippen molar-refractivity contribution < 1.29 is 9.32 Å². The van der Waals surface area contributed by atoms with Gasteiger partial charge in [-0.25, -0.2) is 0 Å². The average molecular weight is 338 g/mol. The Morgan fingerprint density at radius 3 is 2.68 bits per heavy atom. The van der Waals surface area contributed by atoms with Gasteiger partial charge in [-0.3, -0.25) is 9.89 Å². The van der Waals surface area contributed by atoms with Crippen LogP contribution in [0.1, 0.15) is 34.7 Å². The molecular weight excluding hydrogens is 316 g/mol. The third-order valence-electron chi connectivity index (χ3n) is 4.21. The molecule has 0 bridgehead atoms. The van der Waals surface area contributed by atoms with Crippen molar-refractivity contribution in [1.29, 1.82) is 0 Å². The van der Waals surface area contributed by atoms with Gasteiger partial charge >= 0.3 is 0 Å². The van der Waals surface area contributed by atoms with E-state index in [9.17, 15) is 4.79 Å². The van der Waals surface area contributed by atoms with Crippen molar-refractivity contribution in [2.75, 3.05) is 5.32 Å². The average Bonchev–Trinajstić information content (AvgIpc) is 3.19. The van der Waals surface area contributed by atoms with Crippen molar-refractivity contribution in [3.8, 4) is 0 Å². The van der Waals surface area contributed by atoms with Gasteiger partial charge in [-0.2, -0.15) is 5.10 Å². The van der Waals surface area contributed by atoms with Gasteiger partial charge in [0.1, 0.15) is 5.76 Å². The van der Waals surface area contributed by atoms with E-state index in [-0.39, 0.29) is 5.91 Å². The zero-order valence-electron chi connectivity index (χ0n) is 14.5. The summed E-state index contributed by atoms with van der Waals surface area (Å²) in [6.45, 7) is 3.75. The number of aromatic nitrogens is 3. The Kier molecular flexibility index (Phi) is 5.28. The van der Waals surface area contributed by atoms with Crippen LogP contribution in [-0.2, 0) is 24.1 Å². The molecule has 2 aromatic heterocycles. The molecule has 25 heavy (non-hydrogen) atoms. The van der Waals surface area contributed by atoms with Gasteiger partial charge < -0.3 is 9.84 Å². The summed E-state index contributed by atoms with van der Waals surface area (Å²) in [6, 6.07) is 12.2. The number of hydrogen-bond acceptors (Lipinski definition) is 4. The van der Waals surface area contributed by atoms with Gasteiger partial charge in [-0.15, -0.1) is 0 Å². The number of amides is 1. The molecule has 0 unspecified atom stereocenters. The minimum absolute atomic E-state index is 0.0684. The smallest absolute Gasteiger partial charge is 0.225 e. The van der Waals surface area contributed by atoms with Crippen LogP contribution in [0, 0.1) is 13.8 Å². The molecule has 3 aromatic rings. The molecule has 1 amide bonds. The Morgan fingerprint density at radius 1 is 1.16 bits per heavy atom. The van der Waals surface area contributed by atoms with Crippen molar-refractivity contribution in [2.24, 2.45) is 0 Å². The third-order valence-corrected chi connectivity index (χ3v) is 4.21. The predicted octanol–water partition coefficient (Wildman–Crippen LogP) is 3.37. The zero-order chi connectivity index (χ0) is 17.6. The lowest BCUT2D eigenvalue weighted by atomic mass is 10.1. The van der Waals surface area contributed by atoms with Crippen LogP contribution in [-0.4, -0.2) is 21.3 Å². The standard InChI is InChI=1S/C19H22N4O2/c1-13-17(14(2)25-23-13)10-11-19(24)20-18-12-16(21-22-18)9-8-15-6-4-3-5-7-15/h3-7,12H,8-11H2,1-2H3,(H2,20,21,22,24). The van der Waals surface area contributed by atoms with Crippen molar-refractivity contribution in [1.82, 2.24) is 15.4 Å². The quantitative estimate of drug-likeness (QED) is 0.692. The number of H-pyrrole nitrogens is 1. The molecule has 130 valence electrons. The highest BCUT2D eigenvalue weighted by molar-refractivity contribution is 5.89. The Labute approximate surface area is 146 Å². The summed E-state index contributed by atoms with van der Waals surface area (Å²) in [5.74, 6) is 1.27. The Morgan fingerprint density at radius 2 is 1.96 bits per heavy atom. The van der Waals surface area contributed by atoms with Gasteiger partial charge in [0, 0.05) is 23.7 Å². The maximum atomic E-state index is 12.1. The van der Waals surface area contributed by atoms with Crippen LogP contribution in [0.5, 0.6) is 0 Å². The number of carbonyl (C=O) groups excluding carboxylic acids is 1. The number of aromatic amines is 1. The maximum absolute atomic E-state index is 12.1. The normalized spacial score (nSPS) is 10.8. The summed E-state index contributed by atoms with van der Waals surface area (Å²) in [5, 5.41) is 13.9. The molecule has 0 aliphatic rings. The molecule has 0 saturated carbocycles. The second-order valence-electron chi connectivity index (χ2n) is 6.11. The van der Waals surface area contributed by atoms with E-state index in [1.165, 1.54) is 5.56 Å². The molecule has 6 nitrogen and oxygen atoms in total. The summed E-state index contributed by atoms with van der Waals surface area (Å²) in [4.78, 5) is 12.1. The molecule has 2 heterocycles. The van der Waals surface area contributed by atoms with Crippen LogP contribution in [0.3, 0.4) is 0 Å². The van der Waals surface area contributed by atoms with E-state index < -0.39 is 0 Å². The first-order valence-corrected chi connectivity index (χ1v) is 8.41. The summed E-state index contributed by atoms with van der Waals surface area (Å²) < 4.78 is 5.11. The van der Waals surface area contributed by atoms with Gasteiger partial charge in [-0.1, -0.05) is 35.5 Å². The molecule has 1 aromatic carbocycles. The Bertz CT molecular complexity index is 817. The second kappa shape index (κ2) is 7.79. The third kappa shape index (κ3) is 4.56. The molecule has 0 fully saturated rings. The van der Waals surface area contributed by atoms with Crippen molar-refractivity contribution in [2.45, 2.75) is 39.5 Å². The molecule has 0 aliphatic carbocycles. The van der Waals surface area contributed by atoms with Crippen LogP contribution in [0.15, 0.2) is 40.9 Å². The predicted molar refractivity (Wildman–Crippen MR) is 95.4 cm³/mol. The van der Waals surface area contributed by atoms with E-state index in [4.69, 9.17) is 4.52 Å². The summed E-state index contributed by atoms with van der Waals surface area (Å²) >= 11 is 0. The van der Waals surface area contributed by atoms with E-state index in [1.54, 1.807) is 0 Å². The summed E-state index contributed by atoms with van der Waals surface area (Å²) in [5.41, 5.74) is 4.13. The first kappa shape index (κ1) is 17.0. The number of hydrogen-bond donors (Lipinski definition) is 2. The number of aryl methyl sites for hydroxylation is 4. The van der Waals surface area contributed by atoms with Gasteiger partial charge in [0.15, 0.2) is 5.82 Å². The monoisotopic (exact) mass is 338 g/mol. The second-order valence-corrected chi connectivity index (χ2v) is 6.11. The van der Waals surface area contributed by atoms with Gasteiger partial charge in [0.05, 0.1) is 5.69 Å². The van der Waals surface area contributed by atoms with E-state index in [0.717, 1.165) is 35.6 Å². The van der Waals surface area contributed by atoms with Gasteiger partial charge in [-0.05, 0) is 38.7 Å². The first-order valence-electron chi connectivity index (χ1n) is 8.41. The minimum atomic E-state index is -0.0684. The number of rotatable bonds is 7. The molecule has 0 radical (unpaired) electrons. The van der Waals surface area contributed by atoms with Crippen molar-refractivity contribution >= 4 is 11.7 Å². The summed E-state index contributed by atoms with van der Waals surface area (Å²) in [7, 11) is 0. The SMILES string of the molecule is Cc1noc(C)c1CCC(=O)Nc1cc(CCc2ccccc2)[nH]n1. The lowest BCUT2D eigenvalue weighted by Crippen LogP contribution is -2.13. The molecular formula is C19H22N4O2. The van der Waals surface area contributed by atoms with E-state index >= 15 is 0 Å². The summed E-state index contributed by atoms with van der Waals surface area (Å²) in [6.07, 6.45) is 2.77. The van der Waals surface area contributed by atoms with Crippen LogP contribution < -0.4 is 5.32 Å². The lowest BCUT2D eigenvalue weighted by molar-refractivity contribution is -0.116. The largest absolute Gasteiger partial charge is 0.361 e. The maximum Gasteiger partial charge on any atom is 0.225 e. The molecule has 6 heteroatoms. The fourth-order valence-electron chi connectivity index (χ4n) is 2.78. The van der Waals surface area contributed by atoms with Crippen LogP contribution in [0.25, 0.3) is 0 Å². The Balaban J connectivity index is 1.48. The molecule has 3 rings (SSSR count). The van der Waals surface area contributed by atoms with Crippen molar-refractivity contribution in [3.05, 3.63) is 64.7 Å².